The van der Waals surface area contributed by atoms with Crippen LogP contribution in [0.3, 0.4) is 0 Å². The summed E-state index contributed by atoms with van der Waals surface area (Å²) in [5, 5.41) is 9.30. The maximum atomic E-state index is 14.5. The Morgan fingerprint density at radius 2 is 1.88 bits per heavy atom. The van der Waals surface area contributed by atoms with Gasteiger partial charge < -0.3 is 9.47 Å². The summed E-state index contributed by atoms with van der Waals surface area (Å²) in [6.45, 7) is 3.59. The van der Waals surface area contributed by atoms with Crippen LogP contribution in [0.2, 0.25) is 0 Å². The van der Waals surface area contributed by atoms with E-state index >= 15 is 0 Å². The molecule has 1 saturated heterocycles. The van der Waals surface area contributed by atoms with Crippen molar-refractivity contribution in [3.63, 3.8) is 0 Å². The molecule has 0 N–H and O–H groups in total. The van der Waals surface area contributed by atoms with Crippen LogP contribution in [0.25, 0.3) is 11.4 Å². The number of thioether (sulfide) groups is 1. The summed E-state index contributed by atoms with van der Waals surface area (Å²) in [5.74, 6) is 0.634. The largest absolute Gasteiger partial charge is 0.339 e. The molecule has 0 aliphatic carbocycles. The fourth-order valence-electron chi connectivity index (χ4n) is 4.29. The zero-order valence-corrected chi connectivity index (χ0v) is 19.2. The van der Waals surface area contributed by atoms with Crippen molar-refractivity contribution in [3.8, 4) is 11.4 Å². The molecule has 1 aliphatic heterocycles. The fraction of sp³-hybridized carbons (Fsp3) is 0.400. The molecule has 2 aromatic carbocycles. The van der Waals surface area contributed by atoms with Gasteiger partial charge in [0.15, 0.2) is 11.0 Å². The van der Waals surface area contributed by atoms with Crippen molar-refractivity contribution in [2.45, 2.75) is 56.8 Å². The second-order valence-corrected chi connectivity index (χ2v) is 9.05. The Morgan fingerprint density at radius 3 is 2.66 bits per heavy atom. The Morgan fingerprint density at radius 1 is 1.09 bits per heavy atom. The van der Waals surface area contributed by atoms with Gasteiger partial charge in [-0.1, -0.05) is 61.2 Å². The van der Waals surface area contributed by atoms with E-state index in [4.69, 9.17) is 0 Å². The average Bonchev–Trinajstić information content (AvgIpc) is 3.24. The Hall–Kier alpha value is -2.67. The highest BCUT2D eigenvalue weighted by atomic mass is 32.2. The van der Waals surface area contributed by atoms with Crippen LogP contribution in [0, 0.1) is 5.82 Å². The number of halogens is 1. The summed E-state index contributed by atoms with van der Waals surface area (Å²) in [5.41, 5.74) is 1.61. The third kappa shape index (κ3) is 5.21. The minimum absolute atomic E-state index is 0.145. The van der Waals surface area contributed by atoms with Crippen molar-refractivity contribution in [1.82, 2.24) is 19.7 Å². The van der Waals surface area contributed by atoms with Crippen molar-refractivity contribution < 1.29 is 9.18 Å². The maximum Gasteiger partial charge on any atom is 0.233 e. The molecule has 4 rings (SSSR count). The first-order valence-electron chi connectivity index (χ1n) is 11.3. The zero-order chi connectivity index (χ0) is 22.3. The number of amides is 1. The third-order valence-corrected chi connectivity index (χ3v) is 6.99. The lowest BCUT2D eigenvalue weighted by atomic mass is 10.0. The molecule has 0 bridgehead atoms. The number of nitrogens with zero attached hydrogens (tertiary/aromatic N) is 4. The highest BCUT2D eigenvalue weighted by Crippen LogP contribution is 2.27. The van der Waals surface area contributed by atoms with Crippen molar-refractivity contribution in [3.05, 3.63) is 66.0 Å². The number of likely N-dealkylation sites (tertiary alicyclic amines) is 1. The highest BCUT2D eigenvalue weighted by molar-refractivity contribution is 7.99. The van der Waals surface area contributed by atoms with E-state index in [0.717, 1.165) is 32.2 Å². The number of carbonyl (C=O) groups is 1. The van der Waals surface area contributed by atoms with Crippen LogP contribution in [-0.4, -0.2) is 43.9 Å². The monoisotopic (exact) mass is 452 g/mol. The van der Waals surface area contributed by atoms with E-state index in [1.165, 1.54) is 29.8 Å². The number of carbonyl (C=O) groups excluding carboxylic acids is 1. The van der Waals surface area contributed by atoms with Gasteiger partial charge in [0.05, 0.1) is 11.3 Å². The first-order chi connectivity index (χ1) is 15.7. The van der Waals surface area contributed by atoms with E-state index in [2.05, 4.69) is 29.3 Å². The van der Waals surface area contributed by atoms with Gasteiger partial charge in [-0.05, 0) is 49.8 Å². The van der Waals surface area contributed by atoms with Crippen LogP contribution in [0.5, 0.6) is 0 Å². The molecule has 0 saturated carbocycles. The summed E-state index contributed by atoms with van der Waals surface area (Å²) in [6, 6.07) is 17.1. The molecule has 1 aromatic heterocycles. The number of benzene rings is 2. The minimum Gasteiger partial charge on any atom is -0.339 e. The van der Waals surface area contributed by atoms with Gasteiger partial charge in [-0.15, -0.1) is 10.2 Å². The van der Waals surface area contributed by atoms with Gasteiger partial charge in [-0.2, -0.15) is 0 Å². The lowest BCUT2D eigenvalue weighted by Gasteiger charge is -2.35. The van der Waals surface area contributed by atoms with Gasteiger partial charge >= 0.3 is 0 Å². The molecular weight excluding hydrogens is 423 g/mol. The van der Waals surface area contributed by atoms with Gasteiger partial charge in [0.1, 0.15) is 5.82 Å². The summed E-state index contributed by atoms with van der Waals surface area (Å²) >= 11 is 1.39. The Bertz CT molecular complexity index is 1040. The summed E-state index contributed by atoms with van der Waals surface area (Å²) in [6.07, 6.45) is 5.09. The molecule has 32 heavy (non-hydrogen) atoms. The van der Waals surface area contributed by atoms with Crippen LogP contribution >= 0.6 is 11.8 Å². The summed E-state index contributed by atoms with van der Waals surface area (Å²) < 4.78 is 16.5. The lowest BCUT2D eigenvalue weighted by molar-refractivity contribution is -0.132. The highest BCUT2D eigenvalue weighted by Gasteiger charge is 2.26. The predicted molar refractivity (Wildman–Crippen MR) is 126 cm³/mol. The number of aryl methyl sites for hydroxylation is 1. The smallest absolute Gasteiger partial charge is 0.233 e. The molecule has 0 spiro atoms. The summed E-state index contributed by atoms with van der Waals surface area (Å²) in [4.78, 5) is 15.0. The maximum absolute atomic E-state index is 14.5. The molecule has 1 aliphatic rings. The number of hydrogen-bond acceptors (Lipinski definition) is 4. The molecule has 168 valence electrons. The minimum atomic E-state index is -0.326. The molecule has 5 nitrogen and oxygen atoms in total. The number of hydrogen-bond donors (Lipinski definition) is 0. The van der Waals surface area contributed by atoms with Crippen LogP contribution < -0.4 is 0 Å². The van der Waals surface area contributed by atoms with E-state index in [9.17, 15) is 9.18 Å². The first-order valence-corrected chi connectivity index (χ1v) is 12.3. The fourth-order valence-corrected chi connectivity index (χ4v) is 5.14. The molecule has 3 aromatic rings. The van der Waals surface area contributed by atoms with Gasteiger partial charge in [-0.3, -0.25) is 4.79 Å². The third-order valence-electron chi connectivity index (χ3n) is 6.04. The molecule has 1 amide bonds. The molecule has 7 heteroatoms. The second kappa shape index (κ2) is 10.8. The van der Waals surface area contributed by atoms with E-state index < -0.39 is 0 Å². The molecule has 1 fully saturated rings. The van der Waals surface area contributed by atoms with Crippen molar-refractivity contribution in [2.75, 3.05) is 12.3 Å². The first kappa shape index (κ1) is 22.5. The predicted octanol–water partition coefficient (Wildman–Crippen LogP) is 5.21. The second-order valence-electron chi connectivity index (χ2n) is 8.11. The van der Waals surface area contributed by atoms with Gasteiger partial charge in [-0.25, -0.2) is 4.39 Å². The molecule has 1 unspecified atom stereocenters. The van der Waals surface area contributed by atoms with Gasteiger partial charge in [0.2, 0.25) is 5.91 Å². The average molecular weight is 453 g/mol. The molecule has 1 atom stereocenters. The van der Waals surface area contributed by atoms with Crippen molar-refractivity contribution in [2.24, 2.45) is 0 Å². The van der Waals surface area contributed by atoms with Crippen LogP contribution in [0.1, 0.15) is 38.2 Å². The number of piperidine rings is 1. The molecule has 0 radical (unpaired) electrons. The Balaban J connectivity index is 1.54. The normalized spacial score (nSPS) is 16.3. The van der Waals surface area contributed by atoms with Crippen LogP contribution in [-0.2, 0) is 17.8 Å². The molecular formula is C25H29FN4OS. The molecule has 2 heterocycles. The Labute approximate surface area is 193 Å². The van der Waals surface area contributed by atoms with Gasteiger partial charge in [0, 0.05) is 19.1 Å². The van der Waals surface area contributed by atoms with Crippen molar-refractivity contribution >= 4 is 17.7 Å². The van der Waals surface area contributed by atoms with E-state index in [1.54, 1.807) is 18.2 Å². The SMILES string of the molecule is CCC1CCCCN1C(=O)CSc1nnc(-c2ccccc2F)n1CCc1ccccc1. The summed E-state index contributed by atoms with van der Waals surface area (Å²) in [7, 11) is 0. The van der Waals surface area contributed by atoms with Crippen LogP contribution in [0.4, 0.5) is 4.39 Å². The number of rotatable bonds is 8. The zero-order valence-electron chi connectivity index (χ0n) is 18.4. The van der Waals surface area contributed by atoms with Gasteiger partial charge in [0.25, 0.3) is 0 Å². The van der Waals surface area contributed by atoms with Crippen LogP contribution in [0.15, 0.2) is 59.8 Å². The van der Waals surface area contributed by atoms with Crippen molar-refractivity contribution in [1.29, 1.82) is 0 Å². The van der Waals surface area contributed by atoms with E-state index in [-0.39, 0.29) is 11.7 Å². The number of aromatic nitrogens is 3. The Kier molecular flexibility index (Phi) is 7.58. The lowest BCUT2D eigenvalue weighted by Crippen LogP contribution is -2.44. The van der Waals surface area contributed by atoms with E-state index in [1.807, 2.05) is 27.7 Å². The quantitative estimate of drug-likeness (QED) is 0.440. The topological polar surface area (TPSA) is 51.0 Å². The standard InChI is InChI=1S/C25H29FN4OS/c1-2-20-12-8-9-16-29(20)23(31)18-32-25-28-27-24(21-13-6-7-14-22(21)26)30(25)17-15-19-10-4-3-5-11-19/h3-7,10-11,13-14,20H,2,8-9,12,15-18H2,1H3. The van der Waals surface area contributed by atoms with E-state index in [0.29, 0.717) is 34.9 Å².